The van der Waals surface area contributed by atoms with E-state index in [4.69, 9.17) is 27.9 Å². The summed E-state index contributed by atoms with van der Waals surface area (Å²) in [6.45, 7) is 5.86. The predicted octanol–water partition coefficient (Wildman–Crippen LogP) is 3.97. The summed E-state index contributed by atoms with van der Waals surface area (Å²) >= 11 is 11.9. The third-order valence-corrected chi connectivity index (χ3v) is 5.73. The minimum absolute atomic E-state index is 0.00890. The molecule has 0 radical (unpaired) electrons. The average Bonchev–Trinajstić information content (AvgIpc) is 2.70. The Balaban J connectivity index is 1.53. The zero-order chi connectivity index (χ0) is 20.3. The molecule has 1 aliphatic heterocycles. The number of hydrogen-bond acceptors (Lipinski definition) is 3. The van der Waals surface area contributed by atoms with E-state index in [0.29, 0.717) is 41.8 Å². The van der Waals surface area contributed by atoms with Crippen molar-refractivity contribution in [2.75, 3.05) is 32.8 Å². The summed E-state index contributed by atoms with van der Waals surface area (Å²) in [6.07, 6.45) is 0. The van der Waals surface area contributed by atoms with Gasteiger partial charge in [-0.25, -0.2) is 0 Å². The van der Waals surface area contributed by atoms with Crippen LogP contribution < -0.4 is 4.74 Å². The number of piperazine rings is 1. The first-order valence-corrected chi connectivity index (χ1v) is 9.83. The molecule has 0 unspecified atom stereocenters. The summed E-state index contributed by atoms with van der Waals surface area (Å²) in [6, 6.07) is 10.6. The third-order valence-electron chi connectivity index (χ3n) is 4.99. The Labute approximate surface area is 174 Å². The van der Waals surface area contributed by atoms with Crippen LogP contribution in [-0.4, -0.2) is 54.4 Å². The molecule has 5 nitrogen and oxygen atoms in total. The molecular weight excluding hydrogens is 399 g/mol. The van der Waals surface area contributed by atoms with Gasteiger partial charge in [0, 0.05) is 31.7 Å². The van der Waals surface area contributed by atoms with E-state index in [1.165, 1.54) is 0 Å². The Bertz CT molecular complexity index is 893. The fourth-order valence-electron chi connectivity index (χ4n) is 3.08. The van der Waals surface area contributed by atoms with Crippen LogP contribution in [0.2, 0.25) is 10.0 Å². The van der Waals surface area contributed by atoms with Crippen molar-refractivity contribution in [1.29, 1.82) is 0 Å². The van der Waals surface area contributed by atoms with Gasteiger partial charge in [0.25, 0.3) is 11.8 Å². The second kappa shape index (κ2) is 8.84. The third kappa shape index (κ3) is 4.59. The fourth-order valence-corrected chi connectivity index (χ4v) is 3.38. The van der Waals surface area contributed by atoms with E-state index in [2.05, 4.69) is 0 Å². The van der Waals surface area contributed by atoms with Crippen molar-refractivity contribution in [3.8, 4) is 5.75 Å². The fraction of sp³-hybridized carbons (Fsp3) is 0.333. The van der Waals surface area contributed by atoms with Crippen molar-refractivity contribution in [2.45, 2.75) is 13.8 Å². The molecule has 0 saturated carbocycles. The molecule has 0 aliphatic carbocycles. The zero-order valence-electron chi connectivity index (χ0n) is 15.9. The van der Waals surface area contributed by atoms with Gasteiger partial charge in [0.2, 0.25) is 0 Å². The van der Waals surface area contributed by atoms with Gasteiger partial charge >= 0.3 is 0 Å². The number of nitrogens with zero attached hydrogens (tertiary/aromatic N) is 2. The van der Waals surface area contributed by atoms with E-state index >= 15 is 0 Å². The van der Waals surface area contributed by atoms with Crippen molar-refractivity contribution in [1.82, 2.24) is 9.80 Å². The van der Waals surface area contributed by atoms with Crippen molar-refractivity contribution >= 4 is 35.0 Å². The molecule has 1 fully saturated rings. The first kappa shape index (κ1) is 20.5. The molecule has 0 N–H and O–H groups in total. The van der Waals surface area contributed by atoms with Gasteiger partial charge in [0.05, 0.1) is 10.0 Å². The number of ether oxygens (including phenoxy) is 1. The van der Waals surface area contributed by atoms with E-state index < -0.39 is 0 Å². The highest BCUT2D eigenvalue weighted by atomic mass is 35.5. The van der Waals surface area contributed by atoms with Crippen LogP contribution >= 0.6 is 23.2 Å². The maximum absolute atomic E-state index is 12.6. The summed E-state index contributed by atoms with van der Waals surface area (Å²) in [5.74, 6) is 0.529. The lowest BCUT2D eigenvalue weighted by atomic mass is 10.1. The van der Waals surface area contributed by atoms with Crippen LogP contribution in [0.4, 0.5) is 0 Å². The number of carbonyl (C=O) groups is 2. The standard InChI is InChI=1S/C21H22Cl2N2O3/c1-14-4-3-5-19(15(14)2)28-13-20(26)24-8-10-25(11-9-24)21(27)16-6-7-17(22)18(23)12-16/h3-7,12H,8-11,13H2,1-2H3. The summed E-state index contributed by atoms with van der Waals surface area (Å²) in [7, 11) is 0. The second-order valence-electron chi connectivity index (χ2n) is 6.79. The second-order valence-corrected chi connectivity index (χ2v) is 7.60. The molecule has 7 heteroatoms. The highest BCUT2D eigenvalue weighted by Gasteiger charge is 2.25. The minimum Gasteiger partial charge on any atom is -0.483 e. The van der Waals surface area contributed by atoms with Crippen LogP contribution in [-0.2, 0) is 4.79 Å². The molecule has 0 bridgehead atoms. The van der Waals surface area contributed by atoms with Gasteiger partial charge in [-0.15, -0.1) is 0 Å². The summed E-state index contributed by atoms with van der Waals surface area (Å²) in [5, 5.41) is 0.766. The number of aryl methyl sites for hydroxylation is 1. The molecule has 1 heterocycles. The van der Waals surface area contributed by atoms with Crippen LogP contribution in [0.25, 0.3) is 0 Å². The average molecular weight is 421 g/mol. The number of halogens is 2. The van der Waals surface area contributed by atoms with Crippen molar-refractivity contribution in [3.63, 3.8) is 0 Å². The van der Waals surface area contributed by atoms with Gasteiger partial charge < -0.3 is 14.5 Å². The zero-order valence-corrected chi connectivity index (χ0v) is 17.4. The Morgan fingerprint density at radius 2 is 1.64 bits per heavy atom. The summed E-state index contributed by atoms with van der Waals surface area (Å²) in [4.78, 5) is 28.5. The minimum atomic E-state index is -0.114. The Morgan fingerprint density at radius 3 is 2.32 bits per heavy atom. The SMILES string of the molecule is Cc1cccc(OCC(=O)N2CCN(C(=O)c3ccc(Cl)c(Cl)c3)CC2)c1C. The largest absolute Gasteiger partial charge is 0.483 e. The monoisotopic (exact) mass is 420 g/mol. The van der Waals surface area contributed by atoms with E-state index in [9.17, 15) is 9.59 Å². The van der Waals surface area contributed by atoms with Crippen molar-refractivity contribution < 1.29 is 14.3 Å². The quantitative estimate of drug-likeness (QED) is 0.751. The predicted molar refractivity (Wildman–Crippen MR) is 110 cm³/mol. The van der Waals surface area contributed by atoms with Crippen LogP contribution in [0.3, 0.4) is 0 Å². The Hall–Kier alpha value is -2.24. The number of benzene rings is 2. The number of carbonyl (C=O) groups excluding carboxylic acids is 2. The van der Waals surface area contributed by atoms with E-state index in [0.717, 1.165) is 16.9 Å². The molecule has 2 amide bonds. The van der Waals surface area contributed by atoms with E-state index in [-0.39, 0.29) is 18.4 Å². The molecule has 0 spiro atoms. The molecule has 28 heavy (non-hydrogen) atoms. The van der Waals surface area contributed by atoms with Gasteiger partial charge in [0.1, 0.15) is 5.75 Å². The number of amides is 2. The van der Waals surface area contributed by atoms with Gasteiger partial charge in [-0.1, -0.05) is 35.3 Å². The molecular formula is C21H22Cl2N2O3. The number of rotatable bonds is 4. The summed E-state index contributed by atoms with van der Waals surface area (Å²) < 4.78 is 5.70. The molecule has 1 saturated heterocycles. The smallest absolute Gasteiger partial charge is 0.260 e. The van der Waals surface area contributed by atoms with E-state index in [1.54, 1.807) is 28.0 Å². The first-order valence-electron chi connectivity index (χ1n) is 9.08. The normalized spacial score (nSPS) is 14.1. The topological polar surface area (TPSA) is 49.9 Å². The van der Waals surface area contributed by atoms with Crippen LogP contribution in [0.15, 0.2) is 36.4 Å². The van der Waals surface area contributed by atoms with Crippen molar-refractivity contribution in [3.05, 3.63) is 63.1 Å². The van der Waals surface area contributed by atoms with Crippen LogP contribution in [0.5, 0.6) is 5.75 Å². The lowest BCUT2D eigenvalue weighted by molar-refractivity contribution is -0.134. The van der Waals surface area contributed by atoms with Gasteiger partial charge in [0.15, 0.2) is 6.61 Å². The van der Waals surface area contributed by atoms with Crippen LogP contribution in [0, 0.1) is 13.8 Å². The Morgan fingerprint density at radius 1 is 0.964 bits per heavy atom. The van der Waals surface area contributed by atoms with Crippen molar-refractivity contribution in [2.24, 2.45) is 0 Å². The first-order chi connectivity index (χ1) is 13.4. The maximum Gasteiger partial charge on any atom is 0.260 e. The van der Waals surface area contributed by atoms with E-state index in [1.807, 2.05) is 32.0 Å². The van der Waals surface area contributed by atoms with Gasteiger partial charge in [-0.2, -0.15) is 0 Å². The molecule has 3 rings (SSSR count). The number of hydrogen-bond donors (Lipinski definition) is 0. The highest BCUT2D eigenvalue weighted by molar-refractivity contribution is 6.42. The molecule has 2 aromatic rings. The summed E-state index contributed by atoms with van der Waals surface area (Å²) in [5.41, 5.74) is 2.65. The molecule has 148 valence electrons. The lowest BCUT2D eigenvalue weighted by Gasteiger charge is -2.34. The Kier molecular flexibility index (Phi) is 6.47. The molecule has 2 aromatic carbocycles. The lowest BCUT2D eigenvalue weighted by Crippen LogP contribution is -2.51. The maximum atomic E-state index is 12.6. The molecule has 0 atom stereocenters. The highest BCUT2D eigenvalue weighted by Crippen LogP contribution is 2.24. The van der Waals surface area contributed by atoms with Gasteiger partial charge in [-0.3, -0.25) is 9.59 Å². The molecule has 0 aromatic heterocycles. The molecule has 1 aliphatic rings. The van der Waals surface area contributed by atoms with Crippen LogP contribution in [0.1, 0.15) is 21.5 Å². The van der Waals surface area contributed by atoms with Gasteiger partial charge in [-0.05, 0) is 49.2 Å².